The Bertz CT molecular complexity index is 692. The third-order valence-electron chi connectivity index (χ3n) is 4.90. The van der Waals surface area contributed by atoms with Crippen LogP contribution in [0.25, 0.3) is 5.69 Å². The maximum Gasteiger partial charge on any atom is 0.191 e. The van der Waals surface area contributed by atoms with E-state index in [0.29, 0.717) is 12.6 Å². The number of ether oxygens (including phenoxy) is 1. The standard InChI is InChI=1S/C21H32N6O/c1-2-23-21(24-13-6-14-28-20-7-4-3-5-8-20)25-15-18-9-11-19(12-10-18)27-17-22-16-26-27/h9-12,16-17,20H,2-8,13-15H2,1H3,(H2,23,24,25). The molecule has 0 amide bonds. The van der Waals surface area contributed by atoms with Crippen molar-refractivity contribution in [3.8, 4) is 5.69 Å². The van der Waals surface area contributed by atoms with E-state index in [1.165, 1.54) is 38.4 Å². The van der Waals surface area contributed by atoms with E-state index >= 15 is 0 Å². The van der Waals surface area contributed by atoms with Crippen molar-refractivity contribution in [2.24, 2.45) is 4.99 Å². The van der Waals surface area contributed by atoms with E-state index in [9.17, 15) is 0 Å². The summed E-state index contributed by atoms with van der Waals surface area (Å²) in [6, 6.07) is 8.20. The predicted molar refractivity (Wildman–Crippen MR) is 112 cm³/mol. The van der Waals surface area contributed by atoms with Gasteiger partial charge < -0.3 is 15.4 Å². The van der Waals surface area contributed by atoms with Crippen molar-refractivity contribution in [3.05, 3.63) is 42.5 Å². The fourth-order valence-electron chi connectivity index (χ4n) is 3.37. The second kappa shape index (κ2) is 11.4. The average molecular weight is 385 g/mol. The Kier molecular flexibility index (Phi) is 8.30. The molecule has 3 rings (SSSR count). The number of aromatic nitrogens is 3. The molecule has 0 saturated heterocycles. The normalized spacial score (nSPS) is 15.5. The van der Waals surface area contributed by atoms with E-state index in [1.54, 1.807) is 11.0 Å². The first-order chi connectivity index (χ1) is 13.8. The van der Waals surface area contributed by atoms with Crippen molar-refractivity contribution in [1.29, 1.82) is 0 Å². The molecule has 1 aliphatic rings. The molecule has 0 spiro atoms. The number of hydrogen-bond donors (Lipinski definition) is 2. The van der Waals surface area contributed by atoms with Gasteiger partial charge in [-0.05, 0) is 43.9 Å². The maximum atomic E-state index is 5.98. The molecule has 2 N–H and O–H groups in total. The summed E-state index contributed by atoms with van der Waals surface area (Å²) in [6.07, 6.45) is 11.2. The highest BCUT2D eigenvalue weighted by atomic mass is 16.5. The fraction of sp³-hybridized carbons (Fsp3) is 0.571. The van der Waals surface area contributed by atoms with Gasteiger partial charge in [-0.15, -0.1) is 0 Å². The molecule has 0 bridgehead atoms. The van der Waals surface area contributed by atoms with E-state index in [2.05, 4.69) is 44.8 Å². The second-order valence-corrected chi connectivity index (χ2v) is 7.11. The molecule has 1 heterocycles. The van der Waals surface area contributed by atoms with Crippen molar-refractivity contribution in [2.75, 3.05) is 19.7 Å². The lowest BCUT2D eigenvalue weighted by Crippen LogP contribution is -2.38. The average Bonchev–Trinajstić information content (AvgIpc) is 3.28. The molecule has 28 heavy (non-hydrogen) atoms. The Balaban J connectivity index is 1.40. The van der Waals surface area contributed by atoms with Crippen molar-refractivity contribution < 1.29 is 4.74 Å². The fourth-order valence-corrected chi connectivity index (χ4v) is 3.37. The summed E-state index contributed by atoms with van der Waals surface area (Å²) in [5.74, 6) is 0.848. The Morgan fingerprint density at radius 1 is 1.18 bits per heavy atom. The Labute approximate surface area is 167 Å². The number of aliphatic imine (C=N–C) groups is 1. The molecule has 152 valence electrons. The van der Waals surface area contributed by atoms with Crippen LogP contribution in [0.1, 0.15) is 51.0 Å². The van der Waals surface area contributed by atoms with Crippen molar-refractivity contribution >= 4 is 5.96 Å². The van der Waals surface area contributed by atoms with Gasteiger partial charge in [0.05, 0.1) is 18.3 Å². The Morgan fingerprint density at radius 3 is 2.71 bits per heavy atom. The van der Waals surface area contributed by atoms with Crippen LogP contribution in [0.4, 0.5) is 0 Å². The van der Waals surface area contributed by atoms with Gasteiger partial charge in [-0.2, -0.15) is 5.10 Å². The van der Waals surface area contributed by atoms with E-state index in [4.69, 9.17) is 4.74 Å². The number of nitrogens with zero attached hydrogens (tertiary/aromatic N) is 4. The van der Waals surface area contributed by atoms with E-state index in [0.717, 1.165) is 43.3 Å². The van der Waals surface area contributed by atoms with Crippen molar-refractivity contribution in [1.82, 2.24) is 25.4 Å². The van der Waals surface area contributed by atoms with Gasteiger partial charge in [0.1, 0.15) is 12.7 Å². The minimum Gasteiger partial charge on any atom is -0.378 e. The van der Waals surface area contributed by atoms with E-state index in [-0.39, 0.29) is 0 Å². The predicted octanol–water partition coefficient (Wildman–Crippen LogP) is 3.06. The lowest BCUT2D eigenvalue weighted by atomic mass is 9.98. The molecule has 1 saturated carbocycles. The van der Waals surface area contributed by atoms with Crippen LogP contribution in [-0.2, 0) is 11.3 Å². The molecular formula is C21H32N6O. The zero-order chi connectivity index (χ0) is 19.4. The van der Waals surface area contributed by atoms with Crippen LogP contribution in [-0.4, -0.2) is 46.5 Å². The van der Waals surface area contributed by atoms with Gasteiger partial charge in [-0.1, -0.05) is 31.4 Å². The Hall–Kier alpha value is -2.41. The molecule has 0 aliphatic heterocycles. The quantitative estimate of drug-likeness (QED) is 0.395. The van der Waals surface area contributed by atoms with Crippen molar-refractivity contribution in [3.63, 3.8) is 0 Å². The molecule has 0 radical (unpaired) electrons. The molecule has 1 fully saturated rings. The summed E-state index contributed by atoms with van der Waals surface area (Å²) in [4.78, 5) is 8.66. The number of rotatable bonds is 9. The second-order valence-electron chi connectivity index (χ2n) is 7.11. The monoisotopic (exact) mass is 384 g/mol. The highest BCUT2D eigenvalue weighted by Crippen LogP contribution is 2.20. The maximum absolute atomic E-state index is 5.98. The lowest BCUT2D eigenvalue weighted by molar-refractivity contribution is 0.0277. The zero-order valence-electron chi connectivity index (χ0n) is 16.8. The summed E-state index contributed by atoms with van der Waals surface area (Å²) in [7, 11) is 0. The van der Waals surface area contributed by atoms with Crippen LogP contribution in [0.15, 0.2) is 41.9 Å². The van der Waals surface area contributed by atoms with Gasteiger partial charge in [-0.25, -0.2) is 14.7 Å². The highest BCUT2D eigenvalue weighted by Gasteiger charge is 2.12. The minimum absolute atomic E-state index is 0.483. The minimum atomic E-state index is 0.483. The smallest absolute Gasteiger partial charge is 0.191 e. The first-order valence-corrected chi connectivity index (χ1v) is 10.4. The van der Waals surface area contributed by atoms with Crippen LogP contribution >= 0.6 is 0 Å². The molecule has 1 aromatic carbocycles. The third kappa shape index (κ3) is 6.64. The zero-order valence-corrected chi connectivity index (χ0v) is 16.8. The van der Waals surface area contributed by atoms with Gasteiger partial charge in [0.25, 0.3) is 0 Å². The van der Waals surface area contributed by atoms with Crippen LogP contribution in [0.5, 0.6) is 0 Å². The number of hydrogen-bond acceptors (Lipinski definition) is 4. The summed E-state index contributed by atoms with van der Waals surface area (Å²) in [5, 5.41) is 10.8. The Morgan fingerprint density at radius 2 is 2.00 bits per heavy atom. The van der Waals surface area contributed by atoms with E-state index in [1.807, 2.05) is 12.1 Å². The lowest BCUT2D eigenvalue weighted by Gasteiger charge is -2.22. The van der Waals surface area contributed by atoms with Gasteiger partial charge in [0.2, 0.25) is 0 Å². The third-order valence-corrected chi connectivity index (χ3v) is 4.90. The van der Waals surface area contributed by atoms with Gasteiger partial charge in [0.15, 0.2) is 5.96 Å². The van der Waals surface area contributed by atoms with Gasteiger partial charge >= 0.3 is 0 Å². The highest BCUT2D eigenvalue weighted by molar-refractivity contribution is 5.79. The first-order valence-electron chi connectivity index (χ1n) is 10.4. The summed E-state index contributed by atoms with van der Waals surface area (Å²) >= 11 is 0. The first kappa shape index (κ1) is 20.3. The SMILES string of the molecule is CCNC(=NCc1ccc(-n2cncn2)cc1)NCCCOC1CCCCC1. The van der Waals surface area contributed by atoms with E-state index < -0.39 is 0 Å². The molecule has 7 nitrogen and oxygen atoms in total. The van der Waals surface area contributed by atoms with Gasteiger partial charge in [-0.3, -0.25) is 0 Å². The molecule has 1 aromatic heterocycles. The molecule has 1 aliphatic carbocycles. The summed E-state index contributed by atoms with van der Waals surface area (Å²) in [6.45, 7) is 5.24. The number of guanidine groups is 1. The van der Waals surface area contributed by atoms with Crippen LogP contribution in [0, 0.1) is 0 Å². The number of nitrogens with one attached hydrogen (secondary N) is 2. The number of benzene rings is 1. The van der Waals surface area contributed by atoms with Crippen LogP contribution in [0.2, 0.25) is 0 Å². The van der Waals surface area contributed by atoms with Crippen molar-refractivity contribution in [2.45, 2.75) is 58.1 Å². The molecule has 7 heteroatoms. The molecule has 0 unspecified atom stereocenters. The largest absolute Gasteiger partial charge is 0.378 e. The van der Waals surface area contributed by atoms with Crippen LogP contribution < -0.4 is 10.6 Å². The summed E-state index contributed by atoms with van der Waals surface area (Å²) < 4.78 is 7.73. The molecular weight excluding hydrogens is 352 g/mol. The van der Waals surface area contributed by atoms with Crippen LogP contribution in [0.3, 0.4) is 0 Å². The van der Waals surface area contributed by atoms with Gasteiger partial charge in [0, 0.05) is 19.7 Å². The topological polar surface area (TPSA) is 76.4 Å². The molecule has 2 aromatic rings. The molecule has 0 atom stereocenters. The summed E-state index contributed by atoms with van der Waals surface area (Å²) in [5.41, 5.74) is 2.15.